The fraction of sp³-hybridized carbons (Fsp3) is 0.367. The summed E-state index contributed by atoms with van der Waals surface area (Å²) < 4.78 is 15.2. The van der Waals surface area contributed by atoms with Gasteiger partial charge >= 0.3 is 0 Å². The number of imidazole rings is 2. The van der Waals surface area contributed by atoms with E-state index in [0.717, 1.165) is 45.8 Å². The van der Waals surface area contributed by atoms with Crippen LogP contribution in [-0.2, 0) is 9.47 Å². The Balaban J connectivity index is 0.830. The molecule has 8 atom stereocenters. The third kappa shape index (κ3) is 7.33. The second-order valence-electron chi connectivity index (χ2n) is 18.2. The highest BCUT2D eigenvalue weighted by Gasteiger charge is 2.38. The molecule has 0 bridgehead atoms. The number of anilines is 4. The number of aromatic nitrogens is 8. The normalized spacial score (nSPS) is 25.2. The topological polar surface area (TPSA) is 234 Å². The van der Waals surface area contributed by atoms with E-state index in [1.807, 2.05) is 48.5 Å². The molecule has 0 unspecified atom stereocenters. The number of aliphatic hydroxyl groups excluding tert-OH is 4. The molecule has 4 aliphatic heterocycles. The first-order valence-corrected chi connectivity index (χ1v) is 23.2. The Kier molecular flexibility index (Phi) is 10.8. The average Bonchev–Trinajstić information content (AvgIpc) is 4.25. The van der Waals surface area contributed by atoms with Crippen LogP contribution in [0.3, 0.4) is 0 Å². The fourth-order valence-electron chi connectivity index (χ4n) is 10.7. The van der Waals surface area contributed by atoms with Crippen LogP contribution in [0, 0.1) is 0 Å². The van der Waals surface area contributed by atoms with E-state index < -0.39 is 36.9 Å². The number of nitrogens with zero attached hydrogens (tertiary/aromatic N) is 10. The van der Waals surface area contributed by atoms with E-state index in [2.05, 4.69) is 74.6 Å². The van der Waals surface area contributed by atoms with Gasteiger partial charge in [-0.1, -0.05) is 60.7 Å². The van der Waals surface area contributed by atoms with Gasteiger partial charge in [0.05, 0.1) is 49.5 Å². The number of rotatable bonds is 12. The first-order chi connectivity index (χ1) is 33.3. The zero-order valence-electron chi connectivity index (χ0n) is 36.9. The minimum absolute atomic E-state index is 0.0383. The van der Waals surface area contributed by atoms with Crippen molar-refractivity contribution in [1.82, 2.24) is 39.0 Å². The third-order valence-corrected chi connectivity index (χ3v) is 14.0. The first-order valence-electron chi connectivity index (χ1n) is 23.2. The van der Waals surface area contributed by atoms with Gasteiger partial charge in [0.1, 0.15) is 24.9 Å². The Hall–Kier alpha value is -6.87. The van der Waals surface area contributed by atoms with Crippen molar-refractivity contribution in [2.45, 2.75) is 74.6 Å². The molecule has 68 heavy (non-hydrogen) atoms. The Labute approximate surface area is 389 Å². The molecule has 0 radical (unpaired) electrons. The van der Waals surface area contributed by atoms with Gasteiger partial charge in [-0.3, -0.25) is 13.9 Å². The van der Waals surface area contributed by atoms with Gasteiger partial charge in [0.15, 0.2) is 52.2 Å². The average molecular weight is 919 g/mol. The van der Waals surface area contributed by atoms with Crippen LogP contribution < -0.4 is 20.4 Å². The summed E-state index contributed by atoms with van der Waals surface area (Å²) in [5, 5.41) is 52.0. The molecule has 8 heterocycles. The van der Waals surface area contributed by atoms with Gasteiger partial charge in [-0.05, 0) is 35.7 Å². The quantitative estimate of drug-likeness (QED) is 0.0944. The number of carbonyl (C=O) groups is 1. The van der Waals surface area contributed by atoms with Crippen molar-refractivity contribution in [1.29, 1.82) is 0 Å². The predicted molar refractivity (Wildman–Crippen MR) is 254 cm³/mol. The molecule has 19 heteroatoms. The van der Waals surface area contributed by atoms with Crippen LogP contribution in [-0.4, -0.2) is 141 Å². The summed E-state index contributed by atoms with van der Waals surface area (Å²) in [5.41, 5.74) is 5.14. The van der Waals surface area contributed by atoms with Crippen LogP contribution in [0.5, 0.6) is 0 Å². The molecule has 8 aromatic rings. The number of ether oxygens (including phenoxy) is 2. The lowest BCUT2D eigenvalue weighted by Gasteiger charge is -2.27. The predicted octanol–water partition coefficient (Wildman–Crippen LogP) is 4.17. The number of hydrogen-bond acceptors (Lipinski definition) is 17. The molecule has 0 saturated carbocycles. The molecular weight excluding hydrogens is 869 g/mol. The van der Waals surface area contributed by atoms with E-state index in [1.54, 1.807) is 21.8 Å². The third-order valence-electron chi connectivity index (χ3n) is 14.0. The van der Waals surface area contributed by atoms with Crippen LogP contribution in [0.15, 0.2) is 98.1 Å². The highest BCUT2D eigenvalue weighted by Crippen LogP contribution is 2.41. The minimum atomic E-state index is -0.816. The minimum Gasteiger partial charge on any atom is -0.394 e. The molecule has 0 aliphatic carbocycles. The highest BCUT2D eigenvalue weighted by atomic mass is 16.5. The van der Waals surface area contributed by atoms with E-state index in [1.165, 1.54) is 12.7 Å². The number of fused-ring (bicyclic) bond motifs is 4. The van der Waals surface area contributed by atoms with Crippen molar-refractivity contribution in [3.8, 4) is 0 Å². The number of aliphatic hydroxyl groups is 4. The number of ketones is 1. The molecule has 6 N–H and O–H groups in total. The van der Waals surface area contributed by atoms with Crippen molar-refractivity contribution >= 4 is 72.7 Å². The zero-order valence-corrected chi connectivity index (χ0v) is 36.9. The maximum atomic E-state index is 15.5. The lowest BCUT2D eigenvalue weighted by Crippen LogP contribution is -2.29. The molecule has 12 rings (SSSR count). The van der Waals surface area contributed by atoms with E-state index in [4.69, 9.17) is 9.47 Å². The molecule has 348 valence electrons. The summed E-state index contributed by atoms with van der Waals surface area (Å²) in [6, 6.07) is 24.3. The Bertz CT molecular complexity index is 2990. The largest absolute Gasteiger partial charge is 0.394 e. The second kappa shape index (κ2) is 17.3. The van der Waals surface area contributed by atoms with Crippen LogP contribution in [0.25, 0.3) is 43.9 Å². The summed E-state index contributed by atoms with van der Waals surface area (Å²) >= 11 is 0. The summed E-state index contributed by atoms with van der Waals surface area (Å²) in [5.74, 6) is 1.06. The van der Waals surface area contributed by atoms with Crippen LogP contribution >= 0.6 is 0 Å². The lowest BCUT2D eigenvalue weighted by atomic mass is 9.93. The van der Waals surface area contributed by atoms with Crippen molar-refractivity contribution in [3.05, 3.63) is 109 Å². The van der Waals surface area contributed by atoms with Gasteiger partial charge in [0.25, 0.3) is 0 Å². The van der Waals surface area contributed by atoms with Gasteiger partial charge in [-0.2, -0.15) is 0 Å². The Morgan fingerprint density at radius 2 is 1.06 bits per heavy atom. The zero-order chi connectivity index (χ0) is 46.0. The van der Waals surface area contributed by atoms with Crippen LogP contribution in [0.2, 0.25) is 0 Å². The smallest absolute Gasteiger partial charge is 0.197 e. The number of carbonyl (C=O) groups excluding carboxylic acids is 1. The number of nitrogens with one attached hydrogen (secondary N) is 2. The van der Waals surface area contributed by atoms with E-state index in [9.17, 15) is 20.4 Å². The summed E-state index contributed by atoms with van der Waals surface area (Å²) in [4.78, 5) is 47.4. The number of hydrogen-bond donors (Lipinski definition) is 6. The lowest BCUT2D eigenvalue weighted by molar-refractivity contribution is -0.0486. The van der Waals surface area contributed by atoms with E-state index in [0.29, 0.717) is 84.1 Å². The highest BCUT2D eigenvalue weighted by molar-refractivity contribution is 6.21. The van der Waals surface area contributed by atoms with Gasteiger partial charge in [0, 0.05) is 73.0 Å². The van der Waals surface area contributed by atoms with Gasteiger partial charge < -0.3 is 50.3 Å². The van der Waals surface area contributed by atoms with Crippen molar-refractivity contribution in [3.63, 3.8) is 0 Å². The summed E-state index contributed by atoms with van der Waals surface area (Å²) in [6.45, 7) is 2.20. The van der Waals surface area contributed by atoms with E-state index in [-0.39, 0.29) is 31.1 Å². The van der Waals surface area contributed by atoms with Crippen molar-refractivity contribution < 1.29 is 34.7 Å². The molecule has 4 saturated heterocycles. The van der Waals surface area contributed by atoms with Crippen molar-refractivity contribution in [2.24, 2.45) is 0 Å². The first kappa shape index (κ1) is 42.5. The Morgan fingerprint density at radius 1 is 0.603 bits per heavy atom. The second-order valence-corrected chi connectivity index (χ2v) is 18.2. The van der Waals surface area contributed by atoms with Gasteiger partial charge in [-0.25, -0.2) is 29.9 Å². The molecule has 19 nitrogen and oxygen atoms in total. The monoisotopic (exact) mass is 918 g/mol. The molecular formula is C49H50N12O7. The van der Waals surface area contributed by atoms with E-state index >= 15 is 4.79 Å². The fourth-order valence-corrected chi connectivity index (χ4v) is 10.7. The molecule has 4 fully saturated rings. The van der Waals surface area contributed by atoms with Gasteiger partial charge in [0.2, 0.25) is 0 Å². The maximum Gasteiger partial charge on any atom is 0.197 e. The SMILES string of the molecule is O=C(c1ccc2ccccc2c1N1CC[C@@H](Nc2ncnc3c2ncn3[C@@H]2O[C@H](CO)C[C@H]2O)C1)c1ccc2ccccc2c1N1CC[C@@H](Nc2ncnc3c2ncn3[C@@H]2O[C@H](CO)C[C@H]2O)C1. The van der Waals surface area contributed by atoms with Crippen molar-refractivity contribution in [2.75, 3.05) is 59.8 Å². The standard InChI is InChI=1S/C49H50N12O7/c62-21-31-17-37(64)48(67-31)60-25-54-39-44(50-23-52-46(39)60)56-29-13-15-58(19-29)41-33-7-3-1-5-27(33)9-11-35(41)43(66)36-12-10-28-6-2-4-8-34(28)42(36)59-16-14-30(20-59)57-45-40-47(53-24-51-45)61(26-55-40)49-38(65)18-32(22-63)68-49/h1-12,23-26,29-32,37-38,48-49,62-65H,13-22H2,(H,50,52,56)(H,51,53,57)/t29-,30-,31+,32+,37-,38-,48-,49-/m1/s1. The summed E-state index contributed by atoms with van der Waals surface area (Å²) in [6.07, 6.45) is 4.29. The van der Waals surface area contributed by atoms with Crippen LogP contribution in [0.4, 0.5) is 23.0 Å². The molecule has 0 amide bonds. The maximum absolute atomic E-state index is 15.5. The van der Waals surface area contributed by atoms with Crippen LogP contribution in [0.1, 0.15) is 54.1 Å². The molecule has 4 aromatic carbocycles. The molecule has 0 spiro atoms. The Morgan fingerprint density at radius 3 is 1.50 bits per heavy atom. The van der Waals surface area contributed by atoms with Gasteiger partial charge in [-0.15, -0.1) is 0 Å². The summed E-state index contributed by atoms with van der Waals surface area (Å²) in [7, 11) is 0. The number of benzene rings is 4. The molecule has 4 aromatic heterocycles. The molecule has 4 aliphatic rings.